The third kappa shape index (κ3) is 4.82. The minimum atomic E-state index is -0.0239. The lowest BCUT2D eigenvalue weighted by Crippen LogP contribution is -2.50. The highest BCUT2D eigenvalue weighted by Gasteiger charge is 2.24. The van der Waals surface area contributed by atoms with Crippen LogP contribution in [0.4, 0.5) is 0 Å². The van der Waals surface area contributed by atoms with Crippen LogP contribution in [0, 0.1) is 0 Å². The summed E-state index contributed by atoms with van der Waals surface area (Å²) in [6.07, 6.45) is 1.17. The maximum Gasteiger partial charge on any atom is 0.254 e. The van der Waals surface area contributed by atoms with Crippen molar-refractivity contribution in [3.63, 3.8) is 0 Å². The molecule has 3 rings (SSSR count). The summed E-state index contributed by atoms with van der Waals surface area (Å²) in [5.74, 6) is 1.58. The average molecular weight is 382 g/mol. The number of aryl methyl sites for hydroxylation is 1. The van der Waals surface area contributed by atoms with E-state index in [0.717, 1.165) is 11.3 Å². The third-order valence-corrected chi connectivity index (χ3v) is 5.02. The number of nitrogens with zero attached hydrogens (tertiary/aromatic N) is 2. The number of carbonyl (C=O) groups is 2. The fourth-order valence-corrected chi connectivity index (χ4v) is 3.30. The van der Waals surface area contributed by atoms with Crippen LogP contribution in [-0.2, 0) is 11.2 Å². The number of benzene rings is 2. The quantitative estimate of drug-likeness (QED) is 0.771. The Kier molecular flexibility index (Phi) is 6.53. The number of ether oxygens (including phenoxy) is 2. The average Bonchev–Trinajstić information content (AvgIpc) is 2.77. The number of amides is 2. The van der Waals surface area contributed by atoms with Crippen LogP contribution >= 0.6 is 0 Å². The first-order chi connectivity index (χ1) is 13.6. The van der Waals surface area contributed by atoms with E-state index < -0.39 is 0 Å². The number of carbonyl (C=O) groups excluding carboxylic acids is 2. The van der Waals surface area contributed by atoms with Gasteiger partial charge in [-0.05, 0) is 42.3 Å². The Balaban J connectivity index is 1.48. The fraction of sp³-hybridized carbons (Fsp3) is 0.364. The molecule has 1 aliphatic rings. The van der Waals surface area contributed by atoms with E-state index in [-0.39, 0.29) is 11.8 Å². The molecule has 28 heavy (non-hydrogen) atoms. The lowest BCUT2D eigenvalue weighted by Gasteiger charge is -2.35. The van der Waals surface area contributed by atoms with Crippen LogP contribution in [0.15, 0.2) is 48.5 Å². The third-order valence-electron chi connectivity index (χ3n) is 5.02. The summed E-state index contributed by atoms with van der Waals surface area (Å²) in [7, 11) is 3.22. The van der Waals surface area contributed by atoms with Crippen LogP contribution in [0.25, 0.3) is 0 Å². The van der Waals surface area contributed by atoms with Gasteiger partial charge in [-0.1, -0.05) is 18.2 Å². The smallest absolute Gasteiger partial charge is 0.254 e. The fourth-order valence-electron chi connectivity index (χ4n) is 3.30. The lowest BCUT2D eigenvalue weighted by molar-refractivity contribution is -0.132. The van der Waals surface area contributed by atoms with Gasteiger partial charge in [0.15, 0.2) is 0 Å². The van der Waals surface area contributed by atoms with Gasteiger partial charge in [-0.2, -0.15) is 0 Å². The molecule has 0 spiro atoms. The summed E-state index contributed by atoms with van der Waals surface area (Å²) in [5.41, 5.74) is 1.72. The molecule has 6 nitrogen and oxygen atoms in total. The molecule has 1 heterocycles. The second-order valence-electron chi connectivity index (χ2n) is 6.75. The zero-order valence-corrected chi connectivity index (χ0v) is 16.4. The normalized spacial score (nSPS) is 13.9. The van der Waals surface area contributed by atoms with Crippen molar-refractivity contribution in [1.82, 2.24) is 9.80 Å². The molecule has 2 amide bonds. The molecule has 148 valence electrons. The second kappa shape index (κ2) is 9.26. The molecule has 0 atom stereocenters. The Morgan fingerprint density at radius 2 is 1.50 bits per heavy atom. The Hall–Kier alpha value is -3.02. The van der Waals surface area contributed by atoms with Gasteiger partial charge in [-0.3, -0.25) is 9.59 Å². The molecular formula is C22H26N2O4. The number of hydrogen-bond acceptors (Lipinski definition) is 4. The first-order valence-corrected chi connectivity index (χ1v) is 9.44. The molecule has 6 heteroatoms. The minimum Gasteiger partial charge on any atom is -0.497 e. The molecule has 0 aromatic heterocycles. The summed E-state index contributed by atoms with van der Waals surface area (Å²) in [6, 6.07) is 14.9. The van der Waals surface area contributed by atoms with Gasteiger partial charge in [0.2, 0.25) is 5.91 Å². The van der Waals surface area contributed by atoms with Crippen LogP contribution < -0.4 is 9.47 Å². The van der Waals surface area contributed by atoms with Gasteiger partial charge in [-0.25, -0.2) is 0 Å². The van der Waals surface area contributed by atoms with Crippen LogP contribution in [0.3, 0.4) is 0 Å². The van der Waals surface area contributed by atoms with Crippen molar-refractivity contribution in [3.8, 4) is 11.5 Å². The van der Waals surface area contributed by atoms with E-state index in [0.29, 0.717) is 50.3 Å². The van der Waals surface area contributed by atoms with Crippen molar-refractivity contribution >= 4 is 11.8 Å². The largest absolute Gasteiger partial charge is 0.497 e. The monoisotopic (exact) mass is 382 g/mol. The second-order valence-corrected chi connectivity index (χ2v) is 6.75. The molecule has 0 saturated carbocycles. The van der Waals surface area contributed by atoms with Crippen molar-refractivity contribution in [3.05, 3.63) is 59.7 Å². The van der Waals surface area contributed by atoms with Gasteiger partial charge in [0, 0.05) is 38.2 Å². The van der Waals surface area contributed by atoms with E-state index in [1.165, 1.54) is 0 Å². The van der Waals surface area contributed by atoms with E-state index in [2.05, 4.69) is 0 Å². The summed E-state index contributed by atoms with van der Waals surface area (Å²) in [5, 5.41) is 0. The van der Waals surface area contributed by atoms with Crippen LogP contribution in [0.1, 0.15) is 22.3 Å². The standard InChI is InChI=1S/C22H26N2O4/c1-27-19-9-6-17(7-10-19)8-11-21(25)23-12-14-24(15-13-23)22(26)18-4-3-5-20(16-18)28-2/h3-7,9-10,16H,8,11-15H2,1-2H3. The van der Waals surface area contributed by atoms with Crippen molar-refractivity contribution in [2.75, 3.05) is 40.4 Å². The number of hydrogen-bond donors (Lipinski definition) is 0. The molecule has 2 aromatic rings. The van der Waals surface area contributed by atoms with E-state index in [1.54, 1.807) is 31.3 Å². The van der Waals surface area contributed by atoms with E-state index in [4.69, 9.17) is 9.47 Å². The summed E-state index contributed by atoms with van der Waals surface area (Å²) in [6.45, 7) is 2.23. The Bertz CT molecular complexity index is 812. The summed E-state index contributed by atoms with van der Waals surface area (Å²) >= 11 is 0. The topological polar surface area (TPSA) is 59.1 Å². The maximum atomic E-state index is 12.7. The van der Waals surface area contributed by atoms with Gasteiger partial charge in [0.05, 0.1) is 14.2 Å². The first kappa shape index (κ1) is 19.7. The molecule has 0 N–H and O–H groups in total. The maximum absolute atomic E-state index is 12.7. The minimum absolute atomic E-state index is 0.0239. The molecule has 0 unspecified atom stereocenters. The van der Waals surface area contributed by atoms with Crippen LogP contribution in [-0.4, -0.2) is 62.0 Å². The van der Waals surface area contributed by atoms with Gasteiger partial charge in [0.25, 0.3) is 5.91 Å². The van der Waals surface area contributed by atoms with Crippen LogP contribution in [0.2, 0.25) is 0 Å². The van der Waals surface area contributed by atoms with Crippen molar-refractivity contribution in [2.45, 2.75) is 12.8 Å². The van der Waals surface area contributed by atoms with Gasteiger partial charge in [-0.15, -0.1) is 0 Å². The highest BCUT2D eigenvalue weighted by molar-refractivity contribution is 5.94. The SMILES string of the molecule is COc1ccc(CCC(=O)N2CCN(C(=O)c3cccc(OC)c3)CC2)cc1. The zero-order chi connectivity index (χ0) is 19.9. The van der Waals surface area contributed by atoms with Gasteiger partial charge < -0.3 is 19.3 Å². The van der Waals surface area contributed by atoms with Crippen LogP contribution in [0.5, 0.6) is 11.5 Å². The summed E-state index contributed by atoms with van der Waals surface area (Å²) < 4.78 is 10.3. The van der Waals surface area contributed by atoms with Gasteiger partial charge >= 0.3 is 0 Å². The Morgan fingerprint density at radius 1 is 0.857 bits per heavy atom. The van der Waals surface area contributed by atoms with Crippen molar-refractivity contribution < 1.29 is 19.1 Å². The molecule has 1 fully saturated rings. The molecule has 1 aliphatic heterocycles. The zero-order valence-electron chi connectivity index (χ0n) is 16.4. The Labute approximate surface area is 165 Å². The van der Waals surface area contributed by atoms with Crippen molar-refractivity contribution in [1.29, 1.82) is 0 Å². The molecule has 1 saturated heterocycles. The highest BCUT2D eigenvalue weighted by atomic mass is 16.5. The van der Waals surface area contributed by atoms with E-state index >= 15 is 0 Å². The lowest BCUT2D eigenvalue weighted by atomic mass is 10.1. The number of rotatable bonds is 6. The highest BCUT2D eigenvalue weighted by Crippen LogP contribution is 2.17. The molecule has 0 aliphatic carbocycles. The molecular weight excluding hydrogens is 356 g/mol. The Morgan fingerprint density at radius 3 is 2.14 bits per heavy atom. The van der Waals surface area contributed by atoms with E-state index in [1.807, 2.05) is 41.3 Å². The predicted molar refractivity (Wildman–Crippen MR) is 107 cm³/mol. The number of methoxy groups -OCH3 is 2. The number of piperazine rings is 1. The molecule has 0 radical (unpaired) electrons. The molecule has 0 bridgehead atoms. The first-order valence-electron chi connectivity index (χ1n) is 9.44. The predicted octanol–water partition coefficient (Wildman–Crippen LogP) is 2.62. The molecule has 2 aromatic carbocycles. The summed E-state index contributed by atoms with van der Waals surface area (Å²) in [4.78, 5) is 28.8. The van der Waals surface area contributed by atoms with E-state index in [9.17, 15) is 9.59 Å². The van der Waals surface area contributed by atoms with Gasteiger partial charge in [0.1, 0.15) is 11.5 Å². The van der Waals surface area contributed by atoms with Crippen molar-refractivity contribution in [2.24, 2.45) is 0 Å².